The topological polar surface area (TPSA) is 58.6 Å². The number of alkyl halides is 3. The molecule has 2 aromatic rings. The molecule has 0 spiro atoms. The number of benzene rings is 1. The minimum atomic E-state index is -4.44. The summed E-state index contributed by atoms with van der Waals surface area (Å²) in [5.41, 5.74) is 0.127. The molecule has 3 rings (SSSR count). The second-order valence-electron chi connectivity index (χ2n) is 5.67. The van der Waals surface area contributed by atoms with Gasteiger partial charge in [-0.1, -0.05) is 0 Å². The zero-order valence-electron chi connectivity index (χ0n) is 13.7. The van der Waals surface area contributed by atoms with Crippen molar-refractivity contribution in [2.45, 2.75) is 18.6 Å². The molecule has 138 valence electrons. The molecule has 2 heterocycles. The highest BCUT2D eigenvalue weighted by molar-refractivity contribution is 7.10. The molecule has 0 radical (unpaired) electrons. The van der Waals surface area contributed by atoms with Crippen LogP contribution in [0, 0.1) is 0 Å². The molecular formula is C17H15F3N2O3S. The Hall–Kier alpha value is -2.55. The number of amides is 2. The maximum Gasteiger partial charge on any atom is 0.416 e. The standard InChI is InChI=1S/C17H15F3N2O3S/c1-25-15(23)14-12-7-9-26-13(12)6-8-22(14)16(24)21-11-4-2-10(3-5-11)17(18,19)20/h2-5,7,9,14H,6,8H2,1H3,(H,21,24). The summed E-state index contributed by atoms with van der Waals surface area (Å²) in [6, 6.07) is 4.46. The highest BCUT2D eigenvalue weighted by Gasteiger charge is 2.37. The van der Waals surface area contributed by atoms with Crippen LogP contribution >= 0.6 is 11.3 Å². The molecule has 9 heteroatoms. The number of hydrogen-bond acceptors (Lipinski definition) is 4. The Morgan fingerprint density at radius 3 is 2.54 bits per heavy atom. The highest BCUT2D eigenvalue weighted by Crippen LogP contribution is 2.35. The number of hydrogen-bond donors (Lipinski definition) is 1. The molecule has 0 saturated carbocycles. The van der Waals surface area contributed by atoms with Crippen molar-refractivity contribution in [2.24, 2.45) is 0 Å². The van der Waals surface area contributed by atoms with Gasteiger partial charge in [0.25, 0.3) is 0 Å². The molecule has 1 aromatic carbocycles. The second kappa shape index (κ2) is 6.99. The fourth-order valence-electron chi connectivity index (χ4n) is 2.84. The molecule has 1 aromatic heterocycles. The van der Waals surface area contributed by atoms with E-state index in [-0.39, 0.29) is 5.69 Å². The molecule has 5 nitrogen and oxygen atoms in total. The van der Waals surface area contributed by atoms with Crippen LogP contribution < -0.4 is 5.32 Å². The van der Waals surface area contributed by atoms with Gasteiger partial charge in [0.15, 0.2) is 6.04 Å². The summed E-state index contributed by atoms with van der Waals surface area (Å²) in [6.45, 7) is 0.305. The minimum Gasteiger partial charge on any atom is -0.467 e. The first-order chi connectivity index (χ1) is 12.3. The summed E-state index contributed by atoms with van der Waals surface area (Å²) >= 11 is 1.51. The van der Waals surface area contributed by atoms with Crippen molar-refractivity contribution in [1.29, 1.82) is 0 Å². The van der Waals surface area contributed by atoms with Gasteiger partial charge in [-0.25, -0.2) is 9.59 Å². The fourth-order valence-corrected chi connectivity index (χ4v) is 3.74. The number of anilines is 1. The van der Waals surface area contributed by atoms with Gasteiger partial charge in [-0.05, 0) is 47.7 Å². The van der Waals surface area contributed by atoms with Crippen LogP contribution in [0.4, 0.5) is 23.7 Å². The zero-order valence-corrected chi connectivity index (χ0v) is 14.5. The molecule has 0 bridgehead atoms. The number of rotatable bonds is 2. The number of thiophene rings is 1. The predicted octanol–water partition coefficient (Wildman–Crippen LogP) is 4.07. The third-order valence-corrected chi connectivity index (χ3v) is 5.11. The number of fused-ring (bicyclic) bond motifs is 1. The Labute approximate surface area is 151 Å². The second-order valence-corrected chi connectivity index (χ2v) is 6.67. The molecule has 1 atom stereocenters. The number of methoxy groups -OCH3 is 1. The Bertz CT molecular complexity index is 817. The van der Waals surface area contributed by atoms with E-state index in [0.29, 0.717) is 13.0 Å². The Morgan fingerprint density at radius 2 is 1.92 bits per heavy atom. The fraction of sp³-hybridized carbons (Fsp3) is 0.294. The zero-order chi connectivity index (χ0) is 18.9. The normalized spacial score (nSPS) is 16.8. The molecule has 0 saturated heterocycles. The van der Waals surface area contributed by atoms with E-state index in [9.17, 15) is 22.8 Å². The lowest BCUT2D eigenvalue weighted by Crippen LogP contribution is -2.45. The molecule has 1 aliphatic heterocycles. The molecular weight excluding hydrogens is 369 g/mol. The van der Waals surface area contributed by atoms with Gasteiger partial charge in [0.1, 0.15) is 0 Å². The van der Waals surface area contributed by atoms with Gasteiger partial charge in [-0.2, -0.15) is 13.2 Å². The lowest BCUT2D eigenvalue weighted by molar-refractivity contribution is -0.146. The van der Waals surface area contributed by atoms with Crippen LogP contribution in [0.25, 0.3) is 0 Å². The third kappa shape index (κ3) is 3.52. The van der Waals surface area contributed by atoms with Crippen LogP contribution in [-0.4, -0.2) is 30.6 Å². The summed E-state index contributed by atoms with van der Waals surface area (Å²) in [5.74, 6) is -0.563. The van der Waals surface area contributed by atoms with Gasteiger partial charge in [-0.15, -0.1) is 11.3 Å². The van der Waals surface area contributed by atoms with Gasteiger partial charge in [0.05, 0.1) is 12.7 Å². The van der Waals surface area contributed by atoms with Crippen molar-refractivity contribution >= 4 is 29.0 Å². The van der Waals surface area contributed by atoms with Crippen molar-refractivity contribution in [3.63, 3.8) is 0 Å². The van der Waals surface area contributed by atoms with E-state index in [4.69, 9.17) is 4.74 Å². The average Bonchev–Trinajstić information content (AvgIpc) is 3.08. The Balaban J connectivity index is 1.79. The van der Waals surface area contributed by atoms with Crippen molar-refractivity contribution in [3.8, 4) is 0 Å². The van der Waals surface area contributed by atoms with Gasteiger partial charge in [-0.3, -0.25) is 0 Å². The van der Waals surface area contributed by atoms with Gasteiger partial charge < -0.3 is 15.0 Å². The third-order valence-electron chi connectivity index (χ3n) is 4.11. The highest BCUT2D eigenvalue weighted by atomic mass is 32.1. The number of nitrogens with zero attached hydrogens (tertiary/aromatic N) is 1. The van der Waals surface area contributed by atoms with Crippen LogP contribution in [0.3, 0.4) is 0 Å². The average molecular weight is 384 g/mol. The van der Waals surface area contributed by atoms with Crippen LogP contribution in [0.5, 0.6) is 0 Å². The van der Waals surface area contributed by atoms with E-state index >= 15 is 0 Å². The number of carbonyl (C=O) groups excluding carboxylic acids is 2. The summed E-state index contributed by atoms with van der Waals surface area (Å²) in [4.78, 5) is 27.1. The molecule has 1 N–H and O–H groups in total. The molecule has 2 amide bonds. The maximum atomic E-state index is 12.6. The van der Waals surface area contributed by atoms with Crippen molar-refractivity contribution < 1.29 is 27.5 Å². The van der Waals surface area contributed by atoms with Gasteiger partial charge in [0, 0.05) is 17.1 Å². The Kier molecular flexibility index (Phi) is 4.90. The number of ether oxygens (including phenoxy) is 1. The lowest BCUT2D eigenvalue weighted by atomic mass is 10.0. The summed E-state index contributed by atoms with van der Waals surface area (Å²) in [6.07, 6.45) is -3.85. The molecule has 0 fully saturated rings. The lowest BCUT2D eigenvalue weighted by Gasteiger charge is -2.33. The van der Waals surface area contributed by atoms with E-state index < -0.39 is 29.8 Å². The van der Waals surface area contributed by atoms with Crippen molar-refractivity contribution in [1.82, 2.24) is 4.90 Å². The number of urea groups is 1. The molecule has 26 heavy (non-hydrogen) atoms. The largest absolute Gasteiger partial charge is 0.467 e. The maximum absolute atomic E-state index is 12.6. The minimum absolute atomic E-state index is 0.211. The molecule has 1 aliphatic rings. The van der Waals surface area contributed by atoms with E-state index in [1.807, 2.05) is 5.38 Å². The van der Waals surface area contributed by atoms with E-state index in [0.717, 1.165) is 22.6 Å². The van der Waals surface area contributed by atoms with Crippen LogP contribution in [-0.2, 0) is 22.1 Å². The van der Waals surface area contributed by atoms with E-state index in [2.05, 4.69) is 5.32 Å². The van der Waals surface area contributed by atoms with E-state index in [1.54, 1.807) is 6.07 Å². The number of halogens is 3. The van der Waals surface area contributed by atoms with Crippen LogP contribution in [0.15, 0.2) is 35.7 Å². The van der Waals surface area contributed by atoms with Gasteiger partial charge in [0.2, 0.25) is 0 Å². The summed E-state index contributed by atoms with van der Waals surface area (Å²) in [5, 5.41) is 4.38. The summed E-state index contributed by atoms with van der Waals surface area (Å²) < 4.78 is 42.7. The number of esters is 1. The SMILES string of the molecule is COC(=O)C1c2ccsc2CCN1C(=O)Nc1ccc(C(F)(F)F)cc1. The molecule has 0 aliphatic carbocycles. The monoisotopic (exact) mass is 384 g/mol. The predicted molar refractivity (Wildman–Crippen MR) is 89.9 cm³/mol. The molecule has 1 unspecified atom stereocenters. The first-order valence-electron chi connectivity index (χ1n) is 7.70. The summed E-state index contributed by atoms with van der Waals surface area (Å²) in [7, 11) is 1.24. The Morgan fingerprint density at radius 1 is 1.23 bits per heavy atom. The van der Waals surface area contributed by atoms with Crippen molar-refractivity contribution in [2.75, 3.05) is 19.0 Å². The first kappa shape index (κ1) is 18.2. The van der Waals surface area contributed by atoms with Crippen molar-refractivity contribution in [3.05, 3.63) is 51.7 Å². The first-order valence-corrected chi connectivity index (χ1v) is 8.58. The van der Waals surface area contributed by atoms with E-state index in [1.165, 1.54) is 35.5 Å². The van der Waals surface area contributed by atoms with Gasteiger partial charge >= 0.3 is 18.2 Å². The smallest absolute Gasteiger partial charge is 0.416 e. The quantitative estimate of drug-likeness (QED) is 0.794. The van der Waals surface area contributed by atoms with Crippen LogP contribution in [0.2, 0.25) is 0 Å². The number of carbonyl (C=O) groups is 2. The number of nitrogens with one attached hydrogen (secondary N) is 1. The van der Waals surface area contributed by atoms with Crippen LogP contribution in [0.1, 0.15) is 22.0 Å².